The molecule has 0 unspecified atom stereocenters. The third kappa shape index (κ3) is 3.25. The topological polar surface area (TPSA) is 105 Å². The second-order valence-corrected chi connectivity index (χ2v) is 4.43. The zero-order valence-electron chi connectivity index (χ0n) is 11.6. The summed E-state index contributed by atoms with van der Waals surface area (Å²) >= 11 is 0. The molecule has 2 N–H and O–H groups in total. The van der Waals surface area contributed by atoms with E-state index < -0.39 is 0 Å². The van der Waals surface area contributed by atoms with Crippen molar-refractivity contribution in [1.82, 2.24) is 15.1 Å². The Kier molecular flexibility index (Phi) is 4.00. The molecule has 106 valence electrons. The first-order valence-corrected chi connectivity index (χ1v) is 6.04. The Labute approximate surface area is 121 Å². The fourth-order valence-corrected chi connectivity index (χ4v) is 1.55. The fraction of sp³-hybridized carbons (Fsp3) is 0.143. The number of rotatable bonds is 3. The molecule has 0 fully saturated rings. The minimum Gasteiger partial charge on any atom is -0.436 e. The monoisotopic (exact) mass is 283 g/mol. The first-order valence-electron chi connectivity index (χ1n) is 6.04. The molecule has 0 atom stereocenters. The lowest BCUT2D eigenvalue weighted by Gasteiger charge is -2.09. The number of nitrogen functional groups attached to an aromatic ring is 1. The van der Waals surface area contributed by atoms with E-state index in [9.17, 15) is 4.79 Å². The van der Waals surface area contributed by atoms with Crippen LogP contribution < -0.4 is 10.5 Å². The lowest BCUT2D eigenvalue weighted by atomic mass is 10.2. The normalized spacial score (nSPS) is 9.76. The molecular formula is C14H13N5O2. The van der Waals surface area contributed by atoms with E-state index in [1.807, 2.05) is 6.07 Å². The van der Waals surface area contributed by atoms with E-state index in [-0.39, 0.29) is 17.5 Å². The van der Waals surface area contributed by atoms with Crippen molar-refractivity contribution < 1.29 is 9.53 Å². The average molecular weight is 283 g/mol. The molecule has 0 aliphatic rings. The van der Waals surface area contributed by atoms with Crippen molar-refractivity contribution in [2.75, 3.05) is 19.8 Å². The van der Waals surface area contributed by atoms with Crippen LogP contribution in [0.2, 0.25) is 0 Å². The van der Waals surface area contributed by atoms with Gasteiger partial charge in [-0.05, 0) is 24.3 Å². The first kappa shape index (κ1) is 14.3. The van der Waals surface area contributed by atoms with Gasteiger partial charge in [0, 0.05) is 25.8 Å². The number of aromatic nitrogens is 2. The lowest BCUT2D eigenvalue weighted by Crippen LogP contribution is -2.23. The van der Waals surface area contributed by atoms with Gasteiger partial charge in [0.1, 0.15) is 11.8 Å². The summed E-state index contributed by atoms with van der Waals surface area (Å²) in [6.45, 7) is 0. The lowest BCUT2D eigenvalue weighted by molar-refractivity contribution is 0.0820. The molecule has 21 heavy (non-hydrogen) atoms. The zero-order chi connectivity index (χ0) is 15.4. The number of amides is 1. The van der Waals surface area contributed by atoms with Gasteiger partial charge in [0.2, 0.25) is 5.88 Å². The first-order chi connectivity index (χ1) is 10.0. The molecule has 0 spiro atoms. The van der Waals surface area contributed by atoms with Crippen LogP contribution in [0.1, 0.15) is 16.1 Å². The van der Waals surface area contributed by atoms with Gasteiger partial charge in [-0.1, -0.05) is 0 Å². The van der Waals surface area contributed by atoms with Crippen LogP contribution in [-0.2, 0) is 0 Å². The Morgan fingerprint density at radius 3 is 2.62 bits per heavy atom. The van der Waals surface area contributed by atoms with Crippen LogP contribution in [0.25, 0.3) is 0 Å². The van der Waals surface area contributed by atoms with Crippen LogP contribution in [0.5, 0.6) is 11.6 Å². The molecule has 2 rings (SSSR count). The van der Waals surface area contributed by atoms with Crippen molar-refractivity contribution in [2.45, 2.75) is 0 Å². The molecule has 0 bridgehead atoms. The van der Waals surface area contributed by atoms with Gasteiger partial charge in [-0.2, -0.15) is 5.26 Å². The smallest absolute Gasteiger partial charge is 0.273 e. The van der Waals surface area contributed by atoms with Crippen LogP contribution in [0.15, 0.2) is 30.3 Å². The molecule has 0 saturated heterocycles. The molecule has 7 nitrogen and oxygen atoms in total. The Balaban J connectivity index is 2.22. The summed E-state index contributed by atoms with van der Waals surface area (Å²) in [4.78, 5) is 13.1. The highest BCUT2D eigenvalue weighted by Gasteiger charge is 2.11. The molecule has 7 heteroatoms. The maximum Gasteiger partial charge on any atom is 0.273 e. The van der Waals surface area contributed by atoms with Gasteiger partial charge >= 0.3 is 0 Å². The summed E-state index contributed by atoms with van der Waals surface area (Å²) in [7, 11) is 3.25. The quantitative estimate of drug-likeness (QED) is 0.854. The van der Waals surface area contributed by atoms with Crippen molar-refractivity contribution in [3.8, 4) is 17.7 Å². The van der Waals surface area contributed by atoms with Crippen molar-refractivity contribution >= 4 is 11.6 Å². The molecular weight excluding hydrogens is 270 g/mol. The molecule has 1 aromatic carbocycles. The highest BCUT2D eigenvalue weighted by molar-refractivity contribution is 5.91. The molecule has 1 heterocycles. The largest absolute Gasteiger partial charge is 0.436 e. The fourth-order valence-electron chi connectivity index (χ4n) is 1.55. The Bertz CT molecular complexity index is 704. The van der Waals surface area contributed by atoms with Gasteiger partial charge in [0.05, 0.1) is 5.56 Å². The maximum atomic E-state index is 11.7. The number of anilines is 1. The number of hydrogen-bond donors (Lipinski definition) is 1. The standard InChI is InChI=1S/C14H13N5O2/c1-19(2)14(20)11-4-6-13(18-17-11)21-12-5-3-10(16)7-9(12)8-15/h3-7H,16H2,1-2H3. The van der Waals surface area contributed by atoms with Gasteiger partial charge in [-0.25, -0.2) is 0 Å². The third-order valence-electron chi connectivity index (χ3n) is 2.60. The van der Waals surface area contributed by atoms with E-state index in [4.69, 9.17) is 15.7 Å². The molecule has 2 aromatic rings. The average Bonchev–Trinajstić information content (AvgIpc) is 2.49. The predicted octanol–water partition coefficient (Wildman–Crippen LogP) is 1.42. The Morgan fingerprint density at radius 1 is 1.29 bits per heavy atom. The van der Waals surface area contributed by atoms with Crippen molar-refractivity contribution in [1.29, 1.82) is 5.26 Å². The van der Waals surface area contributed by atoms with Crippen molar-refractivity contribution in [3.63, 3.8) is 0 Å². The molecule has 0 saturated carbocycles. The van der Waals surface area contributed by atoms with E-state index in [1.165, 1.54) is 23.1 Å². The van der Waals surface area contributed by atoms with Gasteiger partial charge in [0.15, 0.2) is 5.69 Å². The number of nitriles is 1. The number of nitrogens with two attached hydrogens (primary N) is 1. The minimum atomic E-state index is -0.251. The van der Waals surface area contributed by atoms with Crippen LogP contribution in [0.4, 0.5) is 5.69 Å². The molecule has 0 aliphatic heterocycles. The summed E-state index contributed by atoms with van der Waals surface area (Å²) in [5, 5.41) is 16.6. The van der Waals surface area contributed by atoms with Crippen LogP contribution in [-0.4, -0.2) is 35.1 Å². The summed E-state index contributed by atoms with van der Waals surface area (Å²) in [6.07, 6.45) is 0. The summed E-state index contributed by atoms with van der Waals surface area (Å²) in [6, 6.07) is 9.71. The van der Waals surface area contributed by atoms with E-state index in [0.29, 0.717) is 17.0 Å². The third-order valence-corrected chi connectivity index (χ3v) is 2.60. The summed E-state index contributed by atoms with van der Waals surface area (Å²) in [5.41, 5.74) is 6.58. The number of benzene rings is 1. The van der Waals surface area contributed by atoms with E-state index in [0.717, 1.165) is 0 Å². The molecule has 0 radical (unpaired) electrons. The Morgan fingerprint density at radius 2 is 2.05 bits per heavy atom. The second-order valence-electron chi connectivity index (χ2n) is 4.43. The highest BCUT2D eigenvalue weighted by Crippen LogP contribution is 2.25. The maximum absolute atomic E-state index is 11.7. The molecule has 1 amide bonds. The SMILES string of the molecule is CN(C)C(=O)c1ccc(Oc2ccc(N)cc2C#N)nn1. The number of ether oxygens (including phenoxy) is 1. The Hall–Kier alpha value is -3.14. The van der Waals surface area contributed by atoms with E-state index >= 15 is 0 Å². The van der Waals surface area contributed by atoms with Gasteiger partial charge < -0.3 is 15.4 Å². The summed E-state index contributed by atoms with van der Waals surface area (Å²) < 4.78 is 5.47. The van der Waals surface area contributed by atoms with Crippen LogP contribution in [0.3, 0.4) is 0 Å². The van der Waals surface area contributed by atoms with Crippen molar-refractivity contribution in [2.24, 2.45) is 0 Å². The van der Waals surface area contributed by atoms with Gasteiger partial charge in [0.25, 0.3) is 5.91 Å². The van der Waals surface area contributed by atoms with E-state index in [2.05, 4.69) is 10.2 Å². The number of hydrogen-bond acceptors (Lipinski definition) is 6. The van der Waals surface area contributed by atoms with Crippen LogP contribution >= 0.6 is 0 Å². The van der Waals surface area contributed by atoms with Crippen molar-refractivity contribution in [3.05, 3.63) is 41.6 Å². The number of nitrogens with zero attached hydrogens (tertiary/aromatic N) is 4. The molecule has 0 aliphatic carbocycles. The van der Waals surface area contributed by atoms with E-state index in [1.54, 1.807) is 26.2 Å². The van der Waals surface area contributed by atoms with Gasteiger partial charge in [-0.15, -0.1) is 10.2 Å². The minimum absolute atomic E-state index is 0.187. The van der Waals surface area contributed by atoms with Crippen LogP contribution in [0, 0.1) is 11.3 Å². The molecule has 1 aromatic heterocycles. The number of carbonyl (C=O) groups excluding carboxylic acids is 1. The predicted molar refractivity (Wildman–Crippen MR) is 75.7 cm³/mol. The second kappa shape index (κ2) is 5.88. The summed E-state index contributed by atoms with van der Waals surface area (Å²) in [5.74, 6) is 0.263. The zero-order valence-corrected chi connectivity index (χ0v) is 11.6. The highest BCUT2D eigenvalue weighted by atomic mass is 16.5. The van der Waals surface area contributed by atoms with Gasteiger partial charge in [-0.3, -0.25) is 4.79 Å². The number of carbonyl (C=O) groups is 1.